The molecular formula is C13H23NO4. The number of carbonyl (C=O) groups is 2. The lowest BCUT2D eigenvalue weighted by atomic mass is 9.99. The molecule has 1 aliphatic rings. The summed E-state index contributed by atoms with van der Waals surface area (Å²) in [5.74, 6) is -0.263. The normalized spacial score (nSPS) is 24.2. The van der Waals surface area contributed by atoms with Gasteiger partial charge >= 0.3 is 5.97 Å². The van der Waals surface area contributed by atoms with E-state index in [2.05, 4.69) is 0 Å². The summed E-state index contributed by atoms with van der Waals surface area (Å²) in [6, 6.07) is 0. The molecule has 0 N–H and O–H groups in total. The zero-order valence-electron chi connectivity index (χ0n) is 11.9. The zero-order chi connectivity index (χ0) is 13.9. The Morgan fingerprint density at radius 1 is 1.28 bits per heavy atom. The molecule has 2 atom stereocenters. The largest absolute Gasteiger partial charge is 0.469 e. The molecule has 104 valence electrons. The van der Waals surface area contributed by atoms with Crippen LogP contribution in [0.25, 0.3) is 0 Å². The Labute approximate surface area is 108 Å². The molecular weight excluding hydrogens is 234 g/mol. The molecule has 5 heteroatoms. The fourth-order valence-electron chi connectivity index (χ4n) is 2.18. The third kappa shape index (κ3) is 3.45. The number of nitrogens with zero attached hydrogens (tertiary/aromatic N) is 1. The monoisotopic (exact) mass is 257 g/mol. The van der Waals surface area contributed by atoms with Gasteiger partial charge in [0.2, 0.25) is 5.91 Å². The Morgan fingerprint density at radius 3 is 2.39 bits per heavy atom. The molecule has 18 heavy (non-hydrogen) atoms. The van der Waals surface area contributed by atoms with Crippen LogP contribution in [0.3, 0.4) is 0 Å². The first-order valence-electron chi connectivity index (χ1n) is 6.21. The van der Waals surface area contributed by atoms with Gasteiger partial charge in [0.1, 0.15) is 0 Å². The maximum absolute atomic E-state index is 12.1. The van der Waals surface area contributed by atoms with Crippen molar-refractivity contribution in [1.82, 2.24) is 4.90 Å². The fraction of sp³-hybridized carbons (Fsp3) is 0.846. The molecule has 1 fully saturated rings. The van der Waals surface area contributed by atoms with Crippen molar-refractivity contribution in [2.45, 2.75) is 32.8 Å². The number of methoxy groups -OCH3 is 2. The lowest BCUT2D eigenvalue weighted by Gasteiger charge is -2.25. The first kappa shape index (κ1) is 15.0. The van der Waals surface area contributed by atoms with E-state index in [0.717, 1.165) is 0 Å². The zero-order valence-corrected chi connectivity index (χ0v) is 11.9. The quantitative estimate of drug-likeness (QED) is 0.707. The molecule has 1 heterocycles. The number of carbonyl (C=O) groups excluding carboxylic acids is 2. The van der Waals surface area contributed by atoms with Crippen LogP contribution in [0.15, 0.2) is 0 Å². The molecule has 0 aromatic carbocycles. The molecule has 0 aliphatic carbocycles. The van der Waals surface area contributed by atoms with Gasteiger partial charge in [-0.15, -0.1) is 0 Å². The van der Waals surface area contributed by atoms with Gasteiger partial charge < -0.3 is 14.4 Å². The Bertz CT molecular complexity index is 327. The molecule has 1 rings (SSSR count). The molecule has 1 saturated heterocycles. The summed E-state index contributed by atoms with van der Waals surface area (Å²) in [6.07, 6.45) is 0.324. The number of esters is 1. The molecule has 0 spiro atoms. The summed E-state index contributed by atoms with van der Waals surface area (Å²) in [5, 5.41) is 0. The smallest absolute Gasteiger partial charge is 0.310 e. The third-order valence-corrected chi connectivity index (χ3v) is 3.60. The Balaban J connectivity index is 2.60. The number of ether oxygens (including phenoxy) is 2. The van der Waals surface area contributed by atoms with Crippen molar-refractivity contribution in [2.75, 3.05) is 27.3 Å². The predicted molar refractivity (Wildman–Crippen MR) is 67.0 cm³/mol. The molecule has 1 amide bonds. The highest BCUT2D eigenvalue weighted by molar-refractivity contribution is 5.80. The van der Waals surface area contributed by atoms with E-state index in [1.165, 1.54) is 7.11 Å². The van der Waals surface area contributed by atoms with Gasteiger partial charge in [-0.05, 0) is 19.8 Å². The molecule has 1 aliphatic heterocycles. The van der Waals surface area contributed by atoms with Crippen molar-refractivity contribution in [3.8, 4) is 0 Å². The summed E-state index contributed by atoms with van der Waals surface area (Å²) in [4.78, 5) is 25.4. The summed E-state index contributed by atoms with van der Waals surface area (Å²) < 4.78 is 10.0. The van der Waals surface area contributed by atoms with Gasteiger partial charge in [-0.25, -0.2) is 0 Å². The van der Waals surface area contributed by atoms with Crippen LogP contribution in [0.1, 0.15) is 27.2 Å². The van der Waals surface area contributed by atoms with E-state index in [1.54, 1.807) is 12.0 Å². The van der Waals surface area contributed by atoms with Crippen molar-refractivity contribution in [2.24, 2.45) is 11.8 Å². The number of amides is 1. The lowest BCUT2D eigenvalue weighted by molar-refractivity contribution is -0.146. The SMILES string of the molecule is COC(=O)C1CN(C(=O)CC(C)(C)OC)CC1C. The highest BCUT2D eigenvalue weighted by atomic mass is 16.5. The van der Waals surface area contributed by atoms with E-state index >= 15 is 0 Å². The van der Waals surface area contributed by atoms with E-state index in [-0.39, 0.29) is 23.7 Å². The number of likely N-dealkylation sites (tertiary alicyclic amines) is 1. The average molecular weight is 257 g/mol. The molecule has 0 bridgehead atoms. The van der Waals surface area contributed by atoms with Gasteiger partial charge in [0.15, 0.2) is 0 Å². The van der Waals surface area contributed by atoms with Crippen molar-refractivity contribution in [3.63, 3.8) is 0 Å². The maximum atomic E-state index is 12.1. The van der Waals surface area contributed by atoms with E-state index in [9.17, 15) is 9.59 Å². The third-order valence-electron chi connectivity index (χ3n) is 3.60. The van der Waals surface area contributed by atoms with Gasteiger partial charge in [0, 0.05) is 20.2 Å². The van der Waals surface area contributed by atoms with Crippen LogP contribution in [0, 0.1) is 11.8 Å². The van der Waals surface area contributed by atoms with E-state index < -0.39 is 5.60 Å². The van der Waals surface area contributed by atoms with Crippen LogP contribution in [0.4, 0.5) is 0 Å². The number of rotatable bonds is 4. The molecule has 0 saturated carbocycles. The molecule has 2 unspecified atom stereocenters. The second-order valence-electron chi connectivity index (χ2n) is 5.55. The Morgan fingerprint density at radius 2 is 1.89 bits per heavy atom. The predicted octanol–water partition coefficient (Wildman–Crippen LogP) is 1.07. The minimum absolute atomic E-state index is 0.0279. The second kappa shape index (κ2) is 5.69. The molecule has 0 radical (unpaired) electrons. The fourth-order valence-corrected chi connectivity index (χ4v) is 2.18. The maximum Gasteiger partial charge on any atom is 0.310 e. The Hall–Kier alpha value is -1.10. The summed E-state index contributed by atoms with van der Waals surface area (Å²) in [5.41, 5.74) is -0.469. The van der Waals surface area contributed by atoms with Gasteiger partial charge in [-0.2, -0.15) is 0 Å². The highest BCUT2D eigenvalue weighted by Gasteiger charge is 2.38. The van der Waals surface area contributed by atoms with Crippen molar-refractivity contribution in [1.29, 1.82) is 0 Å². The number of hydrogen-bond acceptors (Lipinski definition) is 4. The molecule has 0 aromatic rings. The van der Waals surface area contributed by atoms with Gasteiger partial charge in [-0.1, -0.05) is 6.92 Å². The van der Waals surface area contributed by atoms with Gasteiger partial charge in [0.05, 0.1) is 25.0 Å². The van der Waals surface area contributed by atoms with Crippen molar-refractivity contribution >= 4 is 11.9 Å². The average Bonchev–Trinajstić information content (AvgIpc) is 2.70. The first-order valence-corrected chi connectivity index (χ1v) is 6.21. The van der Waals surface area contributed by atoms with Crippen molar-refractivity contribution < 1.29 is 19.1 Å². The van der Waals surface area contributed by atoms with E-state index in [4.69, 9.17) is 9.47 Å². The minimum atomic E-state index is -0.469. The molecule has 0 aromatic heterocycles. The molecule has 5 nitrogen and oxygen atoms in total. The Kier molecular flexibility index (Phi) is 4.73. The van der Waals surface area contributed by atoms with E-state index in [0.29, 0.717) is 19.5 Å². The van der Waals surface area contributed by atoms with Crippen LogP contribution in [0.2, 0.25) is 0 Å². The summed E-state index contributed by atoms with van der Waals surface area (Å²) in [7, 11) is 2.98. The van der Waals surface area contributed by atoms with Crippen LogP contribution >= 0.6 is 0 Å². The van der Waals surface area contributed by atoms with E-state index in [1.807, 2.05) is 20.8 Å². The second-order valence-corrected chi connectivity index (χ2v) is 5.55. The van der Waals surface area contributed by atoms with Gasteiger partial charge in [0.25, 0.3) is 0 Å². The van der Waals surface area contributed by atoms with Crippen LogP contribution < -0.4 is 0 Å². The van der Waals surface area contributed by atoms with Gasteiger partial charge in [-0.3, -0.25) is 9.59 Å². The first-order chi connectivity index (χ1) is 8.30. The highest BCUT2D eigenvalue weighted by Crippen LogP contribution is 2.26. The topological polar surface area (TPSA) is 55.8 Å². The number of hydrogen-bond donors (Lipinski definition) is 0. The lowest BCUT2D eigenvalue weighted by Crippen LogP contribution is -2.36. The summed E-state index contributed by atoms with van der Waals surface area (Å²) >= 11 is 0. The van der Waals surface area contributed by atoms with Crippen LogP contribution in [0.5, 0.6) is 0 Å². The standard InChI is InChI=1S/C13H23NO4/c1-9-7-14(8-10(9)12(16)17-4)11(15)6-13(2,3)18-5/h9-10H,6-8H2,1-5H3. The van der Waals surface area contributed by atoms with Crippen LogP contribution in [-0.4, -0.2) is 49.7 Å². The summed E-state index contributed by atoms with van der Waals surface area (Å²) in [6.45, 7) is 6.78. The minimum Gasteiger partial charge on any atom is -0.469 e. The van der Waals surface area contributed by atoms with Crippen LogP contribution in [-0.2, 0) is 19.1 Å². The van der Waals surface area contributed by atoms with Crippen molar-refractivity contribution in [3.05, 3.63) is 0 Å².